The van der Waals surface area contributed by atoms with Crippen molar-refractivity contribution in [2.75, 3.05) is 0 Å². The molecular weight excluding hydrogens is 1270 g/mol. The van der Waals surface area contributed by atoms with Crippen molar-refractivity contribution in [1.29, 1.82) is 0 Å². The first kappa shape index (κ1) is 76.0. The van der Waals surface area contributed by atoms with Gasteiger partial charge in [0.1, 0.15) is 23.0 Å². The topological polar surface area (TPSA) is 80.9 Å². The molecule has 4 heteroatoms. The molecule has 4 nitrogen and oxygen atoms in total. The molecule has 0 unspecified atom stereocenters. The molecule has 0 aliphatic rings. The van der Waals surface area contributed by atoms with Crippen LogP contribution in [-0.4, -0.2) is 20.4 Å². The van der Waals surface area contributed by atoms with Crippen LogP contribution in [-0.2, 0) is 0 Å². The molecule has 540 valence electrons. The number of hydrogen-bond acceptors (Lipinski definition) is 4. The van der Waals surface area contributed by atoms with Gasteiger partial charge in [0.05, 0.1) is 0 Å². The molecule has 0 bridgehead atoms. The van der Waals surface area contributed by atoms with Crippen molar-refractivity contribution < 1.29 is 20.4 Å². The molecule has 0 spiro atoms. The predicted molar refractivity (Wildman–Crippen MR) is 451 cm³/mol. The van der Waals surface area contributed by atoms with Gasteiger partial charge >= 0.3 is 0 Å². The Morgan fingerprint density at radius 2 is 0.317 bits per heavy atom. The normalized spacial score (nSPS) is 12.3. The Morgan fingerprint density at radius 3 is 0.452 bits per heavy atom. The summed E-state index contributed by atoms with van der Waals surface area (Å²) in [5.41, 5.74) is 25.6. The zero-order valence-corrected chi connectivity index (χ0v) is 66.9. The fourth-order valence-corrected chi connectivity index (χ4v) is 16.2. The largest absolute Gasteiger partial charge is 0.507 e. The fourth-order valence-electron chi connectivity index (χ4n) is 16.2. The number of hydrogen-bond donors (Lipinski definition) is 4. The van der Waals surface area contributed by atoms with E-state index in [1.54, 1.807) is 0 Å². The number of rotatable bonds is 18. The van der Waals surface area contributed by atoms with Crippen LogP contribution >= 0.6 is 0 Å². The van der Waals surface area contributed by atoms with Crippen LogP contribution in [0.4, 0.5) is 0 Å². The van der Waals surface area contributed by atoms with E-state index in [1.165, 1.54) is 66.8 Å². The Morgan fingerprint density at radius 1 is 0.173 bits per heavy atom. The summed E-state index contributed by atoms with van der Waals surface area (Å²) in [6.45, 7) is 54.0. The average Bonchev–Trinajstić information content (AvgIpc) is 0.727. The molecule has 4 N–H and O–H groups in total. The third-order valence-electron chi connectivity index (χ3n) is 22.2. The van der Waals surface area contributed by atoms with Gasteiger partial charge in [0.2, 0.25) is 0 Å². The van der Waals surface area contributed by atoms with E-state index in [-0.39, 0.29) is 70.3 Å². The van der Waals surface area contributed by atoms with Crippen molar-refractivity contribution in [2.24, 2.45) is 0 Å². The van der Waals surface area contributed by atoms with Crippen LogP contribution in [0.3, 0.4) is 0 Å². The second-order valence-electron chi connectivity index (χ2n) is 33.6. The van der Waals surface area contributed by atoms with Gasteiger partial charge in [-0.05, 0) is 227 Å². The molecule has 12 aromatic carbocycles. The van der Waals surface area contributed by atoms with E-state index in [0.29, 0.717) is 45.9 Å². The monoisotopic (exact) mass is 1380 g/mol. The minimum Gasteiger partial charge on any atom is -0.507 e. The minimum atomic E-state index is 0.209. The lowest BCUT2D eigenvalue weighted by Gasteiger charge is -2.26. The van der Waals surface area contributed by atoms with E-state index < -0.39 is 0 Å². The smallest absolute Gasteiger partial charge is 0.132 e. The van der Waals surface area contributed by atoms with Gasteiger partial charge in [-0.15, -0.1) is 0 Å². The highest BCUT2D eigenvalue weighted by Crippen LogP contribution is 2.58. The highest BCUT2D eigenvalue weighted by atomic mass is 16.3. The van der Waals surface area contributed by atoms with Crippen molar-refractivity contribution in [1.82, 2.24) is 0 Å². The van der Waals surface area contributed by atoms with Crippen LogP contribution in [0.25, 0.3) is 110 Å². The molecule has 0 saturated heterocycles. The summed E-state index contributed by atoms with van der Waals surface area (Å²) in [6, 6.07) is 60.7. The highest BCUT2D eigenvalue weighted by molar-refractivity contribution is 6.16. The molecule has 0 aliphatic heterocycles. The van der Waals surface area contributed by atoms with Crippen LogP contribution in [0, 0.1) is 0 Å². The summed E-state index contributed by atoms with van der Waals surface area (Å²) in [7, 11) is 0. The minimum absolute atomic E-state index is 0.209. The molecule has 104 heavy (non-hydrogen) atoms. The molecule has 0 radical (unpaired) electrons. The number of phenols is 4. The number of phenolic OH excluding ortho intramolecular Hbond substituents is 4. The van der Waals surface area contributed by atoms with Crippen molar-refractivity contribution >= 4 is 43.1 Å². The van der Waals surface area contributed by atoms with E-state index in [4.69, 9.17) is 0 Å². The Hall–Kier alpha value is -9.12. The van der Waals surface area contributed by atoms with Gasteiger partial charge in [-0.2, -0.15) is 0 Å². The molecule has 12 aromatic rings. The summed E-state index contributed by atoms with van der Waals surface area (Å²) in [4.78, 5) is 0. The molecule has 0 fully saturated rings. The molecule has 0 heterocycles. The zero-order valence-electron chi connectivity index (χ0n) is 66.9. The predicted octanol–water partition coefficient (Wildman–Crippen LogP) is 30.3. The SMILES string of the molecule is CC(C)c1cc(C(C)C)c(-c2cc3ccccc3c(-c3c(O)c(-c4c(C(C)C)cc(C(C)C)cc4C(C)C)cc4ccccc34)c2O)c(C(C)C)c1.CC(C)c1cc(C(C)C)c(-c2cc3ccccc3c(-c3c(O)c(-c4c(C(C)C)cc(C(C)C)cc4C(C)C)cc4ccccc34)c2O)c(C(C)C)c1. The third kappa shape index (κ3) is 14.2. The molecule has 0 amide bonds. The Bertz CT molecular complexity index is 4440. The fraction of sp³-hybridized carbons (Fsp3) is 0.360. The summed E-state index contributed by atoms with van der Waals surface area (Å²) in [5, 5.41) is 59.4. The van der Waals surface area contributed by atoms with E-state index in [2.05, 4.69) is 312 Å². The lowest BCUT2D eigenvalue weighted by Crippen LogP contribution is -2.05. The number of benzene rings is 12. The average molecular weight is 1380 g/mol. The van der Waals surface area contributed by atoms with Crippen molar-refractivity contribution in [3.8, 4) is 89.8 Å². The van der Waals surface area contributed by atoms with Crippen molar-refractivity contribution in [2.45, 2.75) is 237 Å². The first-order chi connectivity index (χ1) is 49.2. The summed E-state index contributed by atoms with van der Waals surface area (Å²) in [6.07, 6.45) is 0. The lowest BCUT2D eigenvalue weighted by atomic mass is 9.78. The van der Waals surface area contributed by atoms with Crippen LogP contribution in [0.1, 0.15) is 304 Å². The summed E-state index contributed by atoms with van der Waals surface area (Å²) < 4.78 is 0. The molecule has 0 atom stereocenters. The maximum Gasteiger partial charge on any atom is 0.132 e. The first-order valence-electron chi connectivity index (χ1n) is 39.0. The van der Waals surface area contributed by atoms with Crippen molar-refractivity contribution in [3.05, 3.63) is 237 Å². The quantitative estimate of drug-likeness (QED) is 0.0690. The van der Waals surface area contributed by atoms with Crippen molar-refractivity contribution in [3.63, 3.8) is 0 Å². The van der Waals surface area contributed by atoms with Crippen LogP contribution in [0.5, 0.6) is 23.0 Å². The molecule has 0 aromatic heterocycles. The van der Waals surface area contributed by atoms with E-state index in [9.17, 15) is 20.4 Å². The van der Waals surface area contributed by atoms with E-state index >= 15 is 0 Å². The highest BCUT2D eigenvalue weighted by Gasteiger charge is 2.32. The molecule has 0 aliphatic carbocycles. The van der Waals surface area contributed by atoms with Gasteiger partial charge in [-0.25, -0.2) is 0 Å². The Kier molecular flexibility index (Phi) is 22.3. The van der Waals surface area contributed by atoms with Crippen LogP contribution in [0.2, 0.25) is 0 Å². The Labute approximate surface area is 623 Å². The van der Waals surface area contributed by atoms with E-state index in [0.717, 1.165) is 87.6 Å². The second-order valence-corrected chi connectivity index (χ2v) is 33.6. The number of fused-ring (bicyclic) bond motifs is 4. The van der Waals surface area contributed by atoms with Gasteiger partial charge in [0.25, 0.3) is 0 Å². The first-order valence-corrected chi connectivity index (χ1v) is 39.0. The Balaban J connectivity index is 0.000000208. The zero-order chi connectivity index (χ0) is 75.5. The molecule has 0 saturated carbocycles. The third-order valence-corrected chi connectivity index (χ3v) is 22.2. The second kappa shape index (κ2) is 30.5. The lowest BCUT2D eigenvalue weighted by molar-refractivity contribution is 0.472. The summed E-state index contributed by atoms with van der Waals surface area (Å²) in [5.74, 6) is 4.35. The van der Waals surface area contributed by atoms with Crippen LogP contribution in [0.15, 0.2) is 170 Å². The van der Waals surface area contributed by atoms with E-state index in [1.807, 2.05) is 24.3 Å². The van der Waals surface area contributed by atoms with Gasteiger partial charge in [-0.1, -0.05) is 312 Å². The van der Waals surface area contributed by atoms with Gasteiger partial charge in [0, 0.05) is 44.5 Å². The van der Waals surface area contributed by atoms with Gasteiger partial charge < -0.3 is 20.4 Å². The standard InChI is InChI=1S/2C50H58O2/c2*1-27(2)35-23-39(29(5)6)45(40(24-35)30(7)8)43-21-33-17-13-15-19-37(33)47(49(43)51)48-38-20-16-14-18-34(38)22-44(50(48)52)46-41(31(9)10)25-36(28(3)4)26-42(46)32(11)12/h2*13-32,51-52H,1-12H3. The maximum atomic E-state index is 12.9. The van der Waals surface area contributed by atoms with Gasteiger partial charge in [0.15, 0.2) is 0 Å². The molecular formula is C100H116O4. The van der Waals surface area contributed by atoms with Crippen LogP contribution < -0.4 is 0 Å². The maximum absolute atomic E-state index is 12.9. The number of aromatic hydroxyl groups is 4. The summed E-state index contributed by atoms with van der Waals surface area (Å²) >= 11 is 0. The molecule has 12 rings (SSSR count). The van der Waals surface area contributed by atoms with Gasteiger partial charge in [-0.3, -0.25) is 0 Å².